The maximum absolute atomic E-state index is 12.7. The number of hydrogen-bond donors (Lipinski definition) is 2. The first-order chi connectivity index (χ1) is 17.2. The van der Waals surface area contributed by atoms with Gasteiger partial charge in [-0.15, -0.1) is 0 Å². The van der Waals surface area contributed by atoms with Crippen LogP contribution in [0, 0.1) is 13.8 Å². The van der Waals surface area contributed by atoms with E-state index in [0.29, 0.717) is 16.4 Å². The largest absolute Gasteiger partial charge is 0.481 e. The third-order valence-corrected chi connectivity index (χ3v) is 7.15. The fraction of sp³-hybridized carbons (Fsp3) is 0.179. The number of carboxylic acids is 1. The van der Waals surface area contributed by atoms with Crippen LogP contribution in [-0.2, 0) is 16.0 Å². The molecule has 0 fully saturated rings. The first-order valence-electron chi connectivity index (χ1n) is 11.3. The van der Waals surface area contributed by atoms with Crippen molar-refractivity contribution >= 4 is 40.9 Å². The summed E-state index contributed by atoms with van der Waals surface area (Å²) in [6.07, 6.45) is -1.10. The second-order valence-electron chi connectivity index (χ2n) is 8.46. The van der Waals surface area contributed by atoms with Crippen LogP contribution >= 0.6 is 23.1 Å². The summed E-state index contributed by atoms with van der Waals surface area (Å²) in [5, 5.41) is 12.4. The number of nitrogens with one attached hydrogen (secondary N) is 1. The number of amides is 1. The Labute approximate surface area is 218 Å². The minimum absolute atomic E-state index is 0.000163. The van der Waals surface area contributed by atoms with Crippen molar-refractivity contribution in [3.63, 3.8) is 0 Å². The highest BCUT2D eigenvalue weighted by Gasteiger charge is 2.19. The van der Waals surface area contributed by atoms with Gasteiger partial charge in [-0.2, -0.15) is 4.37 Å². The second-order valence-corrected chi connectivity index (χ2v) is 9.64. The average molecular weight is 521 g/mol. The number of halogens is 1. The Kier molecular flexibility index (Phi) is 7.72. The molecular formula is C28H25ClN2O4S. The Morgan fingerprint density at radius 1 is 1.06 bits per heavy atom. The summed E-state index contributed by atoms with van der Waals surface area (Å²) in [5.74, 6) is -0.849. The van der Waals surface area contributed by atoms with E-state index in [-0.39, 0.29) is 6.42 Å². The standard InChI is InChI=1S/C28H25ClN2O4S/c1-16-14-19(15-25(32)33)8-13-22(16)20-9-11-21(12-10-20)27-26(17(2)31-36-27)30-28(34)35-18(3)23-6-4-5-7-24(23)29/h4-14,18H,15H2,1-3H3,(H,30,34)(H,32,33)/t18-/m1/s1. The molecule has 2 N–H and O–H groups in total. The monoisotopic (exact) mass is 520 g/mol. The molecule has 0 radical (unpaired) electrons. The van der Waals surface area contributed by atoms with Crippen LogP contribution in [0.4, 0.5) is 10.5 Å². The molecule has 8 heteroatoms. The SMILES string of the molecule is Cc1cc(CC(=O)O)ccc1-c1ccc(-c2snc(C)c2NC(=O)O[C@H](C)c2ccccc2Cl)cc1. The molecule has 6 nitrogen and oxygen atoms in total. The number of hydrogen-bond acceptors (Lipinski definition) is 5. The molecular weight excluding hydrogens is 496 g/mol. The normalized spacial score (nSPS) is 11.7. The molecule has 184 valence electrons. The molecule has 0 saturated carbocycles. The predicted octanol–water partition coefficient (Wildman–Crippen LogP) is 7.68. The second kappa shape index (κ2) is 10.9. The predicted molar refractivity (Wildman–Crippen MR) is 144 cm³/mol. The summed E-state index contributed by atoms with van der Waals surface area (Å²) in [4.78, 5) is 24.5. The van der Waals surface area contributed by atoms with E-state index in [1.807, 2.05) is 74.5 Å². The summed E-state index contributed by atoms with van der Waals surface area (Å²) in [6.45, 7) is 5.58. The number of carbonyl (C=O) groups excluding carboxylic acids is 1. The summed E-state index contributed by atoms with van der Waals surface area (Å²) in [5.41, 5.74) is 6.79. The van der Waals surface area contributed by atoms with Crippen LogP contribution in [0.5, 0.6) is 0 Å². The molecule has 1 heterocycles. The van der Waals surface area contributed by atoms with Gasteiger partial charge in [0.2, 0.25) is 0 Å². The molecule has 1 amide bonds. The lowest BCUT2D eigenvalue weighted by Gasteiger charge is -2.16. The van der Waals surface area contributed by atoms with Gasteiger partial charge in [0.15, 0.2) is 0 Å². The van der Waals surface area contributed by atoms with Crippen molar-refractivity contribution in [2.24, 2.45) is 0 Å². The summed E-state index contributed by atoms with van der Waals surface area (Å²) < 4.78 is 9.99. The molecule has 1 aromatic heterocycles. The highest BCUT2D eigenvalue weighted by atomic mass is 35.5. The quantitative estimate of drug-likeness (QED) is 0.261. The Morgan fingerprint density at radius 3 is 2.42 bits per heavy atom. The molecule has 0 aliphatic carbocycles. The van der Waals surface area contributed by atoms with Gasteiger partial charge in [0.1, 0.15) is 6.10 Å². The maximum atomic E-state index is 12.7. The molecule has 0 unspecified atom stereocenters. The number of ether oxygens (including phenoxy) is 1. The topological polar surface area (TPSA) is 88.5 Å². The number of aliphatic carboxylic acids is 1. The number of rotatable bonds is 7. The number of benzene rings is 3. The van der Waals surface area contributed by atoms with Crippen molar-refractivity contribution in [3.05, 3.63) is 94.1 Å². The lowest BCUT2D eigenvalue weighted by Crippen LogP contribution is -2.16. The van der Waals surface area contributed by atoms with Crippen LogP contribution in [0.3, 0.4) is 0 Å². The van der Waals surface area contributed by atoms with Gasteiger partial charge in [-0.05, 0) is 66.2 Å². The minimum Gasteiger partial charge on any atom is -0.481 e. The summed E-state index contributed by atoms with van der Waals surface area (Å²) in [6, 6.07) is 20.9. The molecule has 0 bridgehead atoms. The molecule has 1 atom stereocenters. The van der Waals surface area contributed by atoms with Gasteiger partial charge < -0.3 is 9.84 Å². The van der Waals surface area contributed by atoms with Gasteiger partial charge in [0.25, 0.3) is 0 Å². The Balaban J connectivity index is 1.51. The molecule has 3 aromatic carbocycles. The number of anilines is 1. The van der Waals surface area contributed by atoms with Gasteiger partial charge in [0.05, 0.1) is 22.7 Å². The average Bonchev–Trinajstić information content (AvgIpc) is 3.19. The fourth-order valence-electron chi connectivity index (χ4n) is 4.01. The van der Waals surface area contributed by atoms with E-state index in [9.17, 15) is 9.59 Å². The number of aryl methyl sites for hydroxylation is 2. The Hall–Kier alpha value is -3.68. The summed E-state index contributed by atoms with van der Waals surface area (Å²) in [7, 11) is 0. The van der Waals surface area contributed by atoms with Crippen molar-refractivity contribution < 1.29 is 19.4 Å². The lowest BCUT2D eigenvalue weighted by atomic mass is 9.96. The number of carbonyl (C=O) groups is 2. The Morgan fingerprint density at radius 2 is 1.75 bits per heavy atom. The third-order valence-electron chi connectivity index (χ3n) is 5.82. The van der Waals surface area contributed by atoms with Gasteiger partial charge >= 0.3 is 12.1 Å². The molecule has 0 aliphatic rings. The number of carboxylic acid groups (broad SMARTS) is 1. The van der Waals surface area contributed by atoms with Gasteiger partial charge in [0, 0.05) is 10.6 Å². The van der Waals surface area contributed by atoms with Crippen molar-refractivity contribution in [2.75, 3.05) is 5.32 Å². The van der Waals surface area contributed by atoms with Crippen LogP contribution < -0.4 is 5.32 Å². The third kappa shape index (κ3) is 5.75. The van der Waals surface area contributed by atoms with Crippen molar-refractivity contribution in [2.45, 2.75) is 33.3 Å². The Bertz CT molecular complexity index is 1420. The van der Waals surface area contributed by atoms with Crippen molar-refractivity contribution in [3.8, 4) is 21.6 Å². The van der Waals surface area contributed by atoms with Gasteiger partial charge in [-0.3, -0.25) is 10.1 Å². The molecule has 4 rings (SSSR count). The highest BCUT2D eigenvalue weighted by Crippen LogP contribution is 2.37. The van der Waals surface area contributed by atoms with Crippen LogP contribution in [0.1, 0.15) is 35.4 Å². The zero-order valence-corrected chi connectivity index (χ0v) is 21.6. The van der Waals surface area contributed by atoms with E-state index >= 15 is 0 Å². The fourth-order valence-corrected chi connectivity index (χ4v) is 5.15. The van der Waals surface area contributed by atoms with Gasteiger partial charge in [-0.25, -0.2) is 4.79 Å². The van der Waals surface area contributed by atoms with E-state index < -0.39 is 18.2 Å². The van der Waals surface area contributed by atoms with Crippen LogP contribution in [0.2, 0.25) is 5.02 Å². The number of nitrogens with zero attached hydrogens (tertiary/aromatic N) is 1. The molecule has 0 aliphatic heterocycles. The van der Waals surface area contributed by atoms with E-state index in [1.165, 1.54) is 11.5 Å². The van der Waals surface area contributed by atoms with Crippen molar-refractivity contribution in [1.82, 2.24) is 4.37 Å². The minimum atomic E-state index is -0.849. The van der Waals surface area contributed by atoms with Crippen molar-refractivity contribution in [1.29, 1.82) is 0 Å². The van der Waals surface area contributed by atoms with Crippen LogP contribution in [0.15, 0.2) is 66.7 Å². The number of aromatic nitrogens is 1. The molecule has 0 saturated heterocycles. The van der Waals surface area contributed by atoms with Gasteiger partial charge in [-0.1, -0.05) is 72.3 Å². The highest BCUT2D eigenvalue weighted by molar-refractivity contribution is 7.10. The van der Waals surface area contributed by atoms with Crippen LogP contribution in [-0.4, -0.2) is 21.5 Å². The zero-order chi connectivity index (χ0) is 25.8. The first-order valence-corrected chi connectivity index (χ1v) is 12.5. The van der Waals surface area contributed by atoms with E-state index in [2.05, 4.69) is 9.69 Å². The summed E-state index contributed by atoms with van der Waals surface area (Å²) >= 11 is 7.53. The van der Waals surface area contributed by atoms with E-state index in [4.69, 9.17) is 21.4 Å². The first kappa shape index (κ1) is 25.4. The lowest BCUT2D eigenvalue weighted by molar-refractivity contribution is -0.136. The van der Waals surface area contributed by atoms with E-state index in [1.54, 1.807) is 13.0 Å². The molecule has 0 spiro atoms. The van der Waals surface area contributed by atoms with E-state index in [0.717, 1.165) is 38.3 Å². The molecule has 36 heavy (non-hydrogen) atoms. The van der Waals surface area contributed by atoms with Crippen LogP contribution in [0.25, 0.3) is 21.6 Å². The zero-order valence-electron chi connectivity index (χ0n) is 20.0. The smallest absolute Gasteiger partial charge is 0.412 e. The molecule has 4 aromatic rings. The maximum Gasteiger partial charge on any atom is 0.412 e.